The van der Waals surface area contributed by atoms with Crippen LogP contribution in [0.3, 0.4) is 0 Å². The van der Waals surface area contributed by atoms with Crippen molar-refractivity contribution in [2.75, 3.05) is 5.32 Å². The molecule has 2 fully saturated rings. The number of carbonyl (C=O) groups is 1. The van der Waals surface area contributed by atoms with Crippen LogP contribution in [-0.4, -0.2) is 33.7 Å². The standard InChI is InChI=1S/C24H24F2N4O2S2/c25-22(26)32-19-13-11-16(12-14-19)15-20-21(31)30(18-9-5-2-6-10-18)24(34-20)29-28-23(33)27-17-7-3-1-4-8-17/h1,3-4,7-8,11-15,18,22H,2,5-6,9-10H2,(H2,27,28,33). The van der Waals surface area contributed by atoms with Crippen molar-refractivity contribution in [3.63, 3.8) is 0 Å². The van der Waals surface area contributed by atoms with Gasteiger partial charge in [0, 0.05) is 11.7 Å². The summed E-state index contributed by atoms with van der Waals surface area (Å²) in [7, 11) is 0. The van der Waals surface area contributed by atoms with Crippen molar-refractivity contribution in [2.24, 2.45) is 5.10 Å². The van der Waals surface area contributed by atoms with E-state index in [1.807, 2.05) is 30.3 Å². The van der Waals surface area contributed by atoms with Crippen LogP contribution in [0.4, 0.5) is 14.5 Å². The molecule has 1 amide bonds. The van der Waals surface area contributed by atoms with Gasteiger partial charge < -0.3 is 10.1 Å². The van der Waals surface area contributed by atoms with E-state index >= 15 is 0 Å². The Morgan fingerprint density at radius 2 is 1.82 bits per heavy atom. The van der Waals surface area contributed by atoms with E-state index < -0.39 is 6.61 Å². The van der Waals surface area contributed by atoms with E-state index in [-0.39, 0.29) is 17.7 Å². The maximum Gasteiger partial charge on any atom is 0.387 e. The average molecular weight is 503 g/mol. The number of nitrogens with zero attached hydrogens (tertiary/aromatic N) is 2. The summed E-state index contributed by atoms with van der Waals surface area (Å²) in [6.45, 7) is -2.88. The lowest BCUT2D eigenvalue weighted by Gasteiger charge is -2.30. The number of nitrogens with one attached hydrogen (secondary N) is 2. The largest absolute Gasteiger partial charge is 0.435 e. The van der Waals surface area contributed by atoms with Gasteiger partial charge in [0.2, 0.25) is 0 Å². The molecular formula is C24H24F2N4O2S2. The highest BCUT2D eigenvalue weighted by atomic mass is 32.2. The minimum atomic E-state index is -2.88. The number of amides is 1. The van der Waals surface area contributed by atoms with Gasteiger partial charge in [-0.05, 0) is 72.7 Å². The molecule has 4 rings (SSSR count). The van der Waals surface area contributed by atoms with Crippen molar-refractivity contribution >= 4 is 51.9 Å². The molecule has 1 saturated heterocycles. The fraction of sp³-hybridized carbons (Fsp3) is 0.292. The molecule has 2 aliphatic rings. The van der Waals surface area contributed by atoms with Crippen LogP contribution < -0.4 is 15.5 Å². The van der Waals surface area contributed by atoms with Gasteiger partial charge in [-0.2, -0.15) is 8.78 Å². The highest BCUT2D eigenvalue weighted by molar-refractivity contribution is 8.18. The molecule has 6 nitrogen and oxygen atoms in total. The van der Waals surface area contributed by atoms with Crippen LogP contribution in [0.15, 0.2) is 64.6 Å². The predicted octanol–water partition coefficient (Wildman–Crippen LogP) is 5.79. The number of carbonyl (C=O) groups excluding carboxylic acids is 1. The van der Waals surface area contributed by atoms with Gasteiger partial charge in [-0.1, -0.05) is 49.6 Å². The summed E-state index contributed by atoms with van der Waals surface area (Å²) >= 11 is 6.61. The predicted molar refractivity (Wildman–Crippen MR) is 136 cm³/mol. The van der Waals surface area contributed by atoms with Gasteiger partial charge in [0.15, 0.2) is 10.3 Å². The first-order valence-electron chi connectivity index (χ1n) is 11.0. The van der Waals surface area contributed by atoms with Gasteiger partial charge in [-0.3, -0.25) is 15.1 Å². The highest BCUT2D eigenvalue weighted by Gasteiger charge is 2.38. The maximum absolute atomic E-state index is 13.3. The third kappa shape index (κ3) is 6.32. The van der Waals surface area contributed by atoms with E-state index in [2.05, 4.69) is 20.6 Å². The van der Waals surface area contributed by atoms with Crippen LogP contribution in [0, 0.1) is 0 Å². The number of hydrogen-bond acceptors (Lipinski definition) is 5. The summed E-state index contributed by atoms with van der Waals surface area (Å²) in [6, 6.07) is 15.7. The second-order valence-corrected chi connectivity index (χ2v) is 9.27. The quantitative estimate of drug-likeness (QED) is 0.296. The first-order chi connectivity index (χ1) is 16.5. The van der Waals surface area contributed by atoms with Crippen molar-refractivity contribution in [3.05, 3.63) is 65.1 Å². The molecule has 1 saturated carbocycles. The molecule has 2 N–H and O–H groups in total. The Bertz CT molecular complexity index is 1070. The van der Waals surface area contributed by atoms with E-state index in [0.29, 0.717) is 20.7 Å². The second-order valence-electron chi connectivity index (χ2n) is 7.85. The Labute approximate surface area is 206 Å². The smallest absolute Gasteiger partial charge is 0.387 e. The summed E-state index contributed by atoms with van der Waals surface area (Å²) < 4.78 is 29.2. The molecule has 178 valence electrons. The minimum absolute atomic E-state index is 0.0669. The van der Waals surface area contributed by atoms with Crippen molar-refractivity contribution in [3.8, 4) is 5.75 Å². The third-order valence-electron chi connectivity index (χ3n) is 5.46. The monoisotopic (exact) mass is 502 g/mol. The normalized spacial score (nSPS) is 19.1. The van der Waals surface area contributed by atoms with Gasteiger partial charge in [-0.25, -0.2) is 0 Å². The lowest BCUT2D eigenvalue weighted by atomic mass is 9.94. The number of benzene rings is 2. The van der Waals surface area contributed by atoms with Crippen LogP contribution in [0.2, 0.25) is 0 Å². The van der Waals surface area contributed by atoms with E-state index in [4.69, 9.17) is 12.2 Å². The molecule has 0 unspecified atom stereocenters. The molecule has 0 aromatic heterocycles. The van der Waals surface area contributed by atoms with Crippen molar-refractivity contribution in [1.29, 1.82) is 0 Å². The molecule has 2 aromatic rings. The third-order valence-corrected chi connectivity index (χ3v) is 6.64. The Balaban J connectivity index is 1.52. The van der Waals surface area contributed by atoms with Crippen LogP contribution in [0.25, 0.3) is 6.08 Å². The number of alkyl halides is 2. The zero-order valence-electron chi connectivity index (χ0n) is 18.2. The van der Waals surface area contributed by atoms with Gasteiger partial charge in [0.1, 0.15) is 5.75 Å². The molecule has 0 radical (unpaired) electrons. The zero-order chi connectivity index (χ0) is 23.9. The first kappa shape index (κ1) is 24.2. The molecule has 0 atom stereocenters. The first-order valence-corrected chi connectivity index (χ1v) is 12.2. The molecule has 0 bridgehead atoms. The molecule has 1 aliphatic heterocycles. The number of ether oxygens (including phenoxy) is 1. The second kappa shape index (κ2) is 11.4. The summed E-state index contributed by atoms with van der Waals surface area (Å²) in [5.41, 5.74) is 4.39. The molecule has 2 aromatic carbocycles. The number of amidine groups is 1. The van der Waals surface area contributed by atoms with Crippen LogP contribution in [-0.2, 0) is 4.79 Å². The molecule has 34 heavy (non-hydrogen) atoms. The van der Waals surface area contributed by atoms with Gasteiger partial charge in [-0.15, -0.1) is 5.10 Å². The molecule has 1 aliphatic carbocycles. The highest BCUT2D eigenvalue weighted by Crippen LogP contribution is 2.37. The Hall–Kier alpha value is -2.98. The minimum Gasteiger partial charge on any atom is -0.435 e. The topological polar surface area (TPSA) is 66.0 Å². The number of rotatable bonds is 6. The summed E-state index contributed by atoms with van der Waals surface area (Å²) in [4.78, 5) is 15.6. The van der Waals surface area contributed by atoms with Crippen molar-refractivity contribution < 1.29 is 18.3 Å². The Morgan fingerprint density at radius 3 is 2.50 bits per heavy atom. The lowest BCUT2D eigenvalue weighted by molar-refractivity contribution is -0.124. The fourth-order valence-electron chi connectivity index (χ4n) is 3.90. The molecular weight excluding hydrogens is 478 g/mol. The maximum atomic E-state index is 13.3. The van der Waals surface area contributed by atoms with Crippen LogP contribution in [0.1, 0.15) is 37.7 Å². The van der Waals surface area contributed by atoms with E-state index in [9.17, 15) is 13.6 Å². The number of halogens is 2. The number of para-hydroxylation sites is 1. The number of anilines is 1. The van der Waals surface area contributed by atoms with Crippen LogP contribution >= 0.6 is 24.0 Å². The van der Waals surface area contributed by atoms with Crippen LogP contribution in [0.5, 0.6) is 5.75 Å². The molecule has 0 spiro atoms. The summed E-state index contributed by atoms with van der Waals surface area (Å²) in [5, 5.41) is 8.38. The fourth-order valence-corrected chi connectivity index (χ4v) is 5.06. The number of thioether (sulfide) groups is 1. The zero-order valence-corrected chi connectivity index (χ0v) is 19.9. The van der Waals surface area contributed by atoms with Gasteiger partial charge in [0.05, 0.1) is 4.91 Å². The van der Waals surface area contributed by atoms with Crippen molar-refractivity contribution in [2.45, 2.75) is 44.8 Å². The van der Waals surface area contributed by atoms with E-state index in [0.717, 1.165) is 37.8 Å². The number of hydrazone groups is 1. The number of hydrogen-bond donors (Lipinski definition) is 2. The lowest BCUT2D eigenvalue weighted by Crippen LogP contribution is -2.41. The molecule has 10 heteroatoms. The SMILES string of the molecule is O=C1C(=Cc2ccc(OC(F)F)cc2)SC(=NNC(=S)Nc2ccccc2)N1C1CCCCC1. The van der Waals surface area contributed by atoms with Gasteiger partial charge >= 0.3 is 6.61 Å². The Kier molecular flexibility index (Phi) is 8.12. The summed E-state index contributed by atoms with van der Waals surface area (Å²) in [6.07, 6.45) is 6.88. The van der Waals surface area contributed by atoms with E-state index in [1.54, 1.807) is 23.1 Å². The average Bonchev–Trinajstić information content (AvgIpc) is 3.14. The number of thiocarbonyl (C=S) groups is 1. The van der Waals surface area contributed by atoms with E-state index in [1.165, 1.54) is 23.9 Å². The Morgan fingerprint density at radius 1 is 1.12 bits per heavy atom. The van der Waals surface area contributed by atoms with Crippen molar-refractivity contribution in [1.82, 2.24) is 10.3 Å². The summed E-state index contributed by atoms with van der Waals surface area (Å²) in [5.74, 6) is -0.0513. The molecule has 1 heterocycles. The van der Waals surface area contributed by atoms with Gasteiger partial charge in [0.25, 0.3) is 5.91 Å².